The molecule has 108 valence electrons. The maximum Gasteiger partial charge on any atom is 0.241 e. The Labute approximate surface area is 124 Å². The monoisotopic (exact) mass is 348 g/mol. The summed E-state index contributed by atoms with van der Waals surface area (Å²) in [4.78, 5) is 0.303. The van der Waals surface area contributed by atoms with Crippen LogP contribution in [0.1, 0.15) is 31.7 Å². The molecule has 4 nitrogen and oxygen atoms in total. The fraction of sp³-hybridized carbons (Fsp3) is 0.538. The number of hydrogen-bond acceptors (Lipinski definition) is 3. The van der Waals surface area contributed by atoms with Crippen molar-refractivity contribution in [3.05, 3.63) is 28.2 Å². The van der Waals surface area contributed by atoms with Gasteiger partial charge >= 0.3 is 0 Å². The molecule has 0 saturated carbocycles. The number of hydrogen-bond donors (Lipinski definition) is 2. The summed E-state index contributed by atoms with van der Waals surface area (Å²) in [5.74, 6) is 0. The highest BCUT2D eigenvalue weighted by atomic mass is 79.9. The van der Waals surface area contributed by atoms with Crippen LogP contribution >= 0.6 is 15.9 Å². The molecule has 0 unspecified atom stereocenters. The molecule has 0 bridgehead atoms. The Morgan fingerprint density at radius 1 is 1.26 bits per heavy atom. The third kappa shape index (κ3) is 5.22. The van der Waals surface area contributed by atoms with Crippen molar-refractivity contribution in [1.82, 2.24) is 10.0 Å². The zero-order chi connectivity index (χ0) is 14.3. The first-order valence-electron chi connectivity index (χ1n) is 6.44. The number of halogens is 1. The lowest BCUT2D eigenvalue weighted by atomic mass is 10.2. The second-order valence-electron chi connectivity index (χ2n) is 4.40. The SMILES string of the molecule is CCCCCNS(=O)(=O)c1cc(CNC)ccc1Br. The van der Waals surface area contributed by atoms with Gasteiger partial charge in [-0.15, -0.1) is 0 Å². The van der Waals surface area contributed by atoms with Gasteiger partial charge in [0.05, 0.1) is 4.90 Å². The predicted molar refractivity (Wildman–Crippen MR) is 81.6 cm³/mol. The number of rotatable bonds is 8. The van der Waals surface area contributed by atoms with Crippen molar-refractivity contribution in [2.75, 3.05) is 13.6 Å². The summed E-state index contributed by atoms with van der Waals surface area (Å²) in [6.07, 6.45) is 2.97. The van der Waals surface area contributed by atoms with Crippen LogP contribution < -0.4 is 10.0 Å². The highest BCUT2D eigenvalue weighted by molar-refractivity contribution is 9.10. The van der Waals surface area contributed by atoms with Crippen LogP contribution in [0.2, 0.25) is 0 Å². The lowest BCUT2D eigenvalue weighted by molar-refractivity contribution is 0.575. The zero-order valence-corrected chi connectivity index (χ0v) is 13.8. The molecule has 0 spiro atoms. The van der Waals surface area contributed by atoms with Gasteiger partial charge in [0.2, 0.25) is 10.0 Å². The molecule has 19 heavy (non-hydrogen) atoms. The fourth-order valence-electron chi connectivity index (χ4n) is 1.73. The van der Waals surface area contributed by atoms with E-state index in [9.17, 15) is 8.42 Å². The van der Waals surface area contributed by atoms with Crippen molar-refractivity contribution in [2.24, 2.45) is 0 Å². The van der Waals surface area contributed by atoms with Crippen molar-refractivity contribution in [3.8, 4) is 0 Å². The van der Waals surface area contributed by atoms with E-state index in [1.54, 1.807) is 12.1 Å². The van der Waals surface area contributed by atoms with E-state index in [0.717, 1.165) is 24.8 Å². The van der Waals surface area contributed by atoms with Crippen LogP contribution in [-0.2, 0) is 16.6 Å². The van der Waals surface area contributed by atoms with Gasteiger partial charge in [0, 0.05) is 17.6 Å². The average molecular weight is 349 g/mol. The van der Waals surface area contributed by atoms with Crippen LogP contribution in [0.3, 0.4) is 0 Å². The standard InChI is InChI=1S/C13H21BrN2O2S/c1-3-4-5-8-16-19(17,18)13-9-11(10-15-2)6-7-12(13)14/h6-7,9,15-16H,3-5,8,10H2,1-2H3. The van der Waals surface area contributed by atoms with Crippen LogP contribution in [0.25, 0.3) is 0 Å². The summed E-state index contributed by atoms with van der Waals surface area (Å²) < 4.78 is 27.7. The molecule has 6 heteroatoms. The lowest BCUT2D eigenvalue weighted by Gasteiger charge is -2.10. The van der Waals surface area contributed by atoms with E-state index in [1.807, 2.05) is 13.1 Å². The molecule has 0 aliphatic rings. The van der Waals surface area contributed by atoms with Gasteiger partial charge in [0.1, 0.15) is 0 Å². The van der Waals surface area contributed by atoms with E-state index >= 15 is 0 Å². The molecular weight excluding hydrogens is 328 g/mol. The normalized spacial score (nSPS) is 11.7. The largest absolute Gasteiger partial charge is 0.316 e. The zero-order valence-electron chi connectivity index (χ0n) is 11.4. The maximum absolute atomic E-state index is 12.2. The molecule has 0 saturated heterocycles. The Balaban J connectivity index is 2.84. The van der Waals surface area contributed by atoms with Gasteiger partial charge in [0.15, 0.2) is 0 Å². The first-order valence-corrected chi connectivity index (χ1v) is 8.71. The first kappa shape index (κ1) is 16.6. The summed E-state index contributed by atoms with van der Waals surface area (Å²) in [6.45, 7) is 3.22. The summed E-state index contributed by atoms with van der Waals surface area (Å²) in [5.41, 5.74) is 0.944. The van der Waals surface area contributed by atoms with Crippen molar-refractivity contribution < 1.29 is 8.42 Å². The molecule has 0 fully saturated rings. The number of benzene rings is 1. The molecule has 0 aliphatic heterocycles. The van der Waals surface area contributed by atoms with Crippen LogP contribution in [0, 0.1) is 0 Å². The number of sulfonamides is 1. The molecular formula is C13H21BrN2O2S. The molecule has 0 aliphatic carbocycles. The van der Waals surface area contributed by atoms with Crippen molar-refractivity contribution >= 4 is 26.0 Å². The van der Waals surface area contributed by atoms with Gasteiger partial charge in [-0.2, -0.15) is 0 Å². The number of nitrogens with one attached hydrogen (secondary N) is 2. The highest BCUT2D eigenvalue weighted by Gasteiger charge is 2.17. The van der Waals surface area contributed by atoms with Gasteiger partial charge in [-0.1, -0.05) is 25.8 Å². The molecule has 1 aromatic rings. The molecule has 1 aromatic carbocycles. The van der Waals surface area contributed by atoms with Crippen LogP contribution in [0.5, 0.6) is 0 Å². The van der Waals surface area contributed by atoms with Gasteiger partial charge in [-0.05, 0) is 47.1 Å². The van der Waals surface area contributed by atoms with E-state index in [0.29, 0.717) is 22.5 Å². The Morgan fingerprint density at radius 2 is 2.00 bits per heavy atom. The Bertz CT molecular complexity index is 503. The molecule has 2 N–H and O–H groups in total. The molecule has 0 aromatic heterocycles. The molecule has 0 radical (unpaired) electrons. The van der Waals surface area contributed by atoms with Crippen LogP contribution in [0.15, 0.2) is 27.6 Å². The molecule has 0 heterocycles. The average Bonchev–Trinajstić information content (AvgIpc) is 2.37. The second-order valence-corrected chi connectivity index (χ2v) is 6.99. The minimum absolute atomic E-state index is 0.303. The van der Waals surface area contributed by atoms with E-state index in [1.165, 1.54) is 0 Å². The van der Waals surface area contributed by atoms with E-state index in [4.69, 9.17) is 0 Å². The van der Waals surface area contributed by atoms with Crippen LogP contribution in [-0.4, -0.2) is 22.0 Å². The lowest BCUT2D eigenvalue weighted by Crippen LogP contribution is -2.25. The summed E-state index contributed by atoms with van der Waals surface area (Å²) in [6, 6.07) is 5.37. The third-order valence-corrected chi connectivity index (χ3v) is 5.19. The highest BCUT2D eigenvalue weighted by Crippen LogP contribution is 2.23. The minimum Gasteiger partial charge on any atom is -0.316 e. The summed E-state index contributed by atoms with van der Waals surface area (Å²) >= 11 is 3.30. The maximum atomic E-state index is 12.2. The van der Waals surface area contributed by atoms with Crippen LogP contribution in [0.4, 0.5) is 0 Å². The van der Waals surface area contributed by atoms with Gasteiger partial charge in [0.25, 0.3) is 0 Å². The van der Waals surface area contributed by atoms with E-state index < -0.39 is 10.0 Å². The van der Waals surface area contributed by atoms with Crippen molar-refractivity contribution in [1.29, 1.82) is 0 Å². The Kier molecular flexibility index (Phi) is 6.99. The second kappa shape index (κ2) is 7.99. The van der Waals surface area contributed by atoms with E-state index in [-0.39, 0.29) is 0 Å². The fourth-order valence-corrected chi connectivity index (χ4v) is 3.81. The Morgan fingerprint density at radius 3 is 2.63 bits per heavy atom. The Hall–Kier alpha value is -0.430. The summed E-state index contributed by atoms with van der Waals surface area (Å²) in [7, 11) is -1.60. The van der Waals surface area contributed by atoms with Gasteiger partial charge in [-0.25, -0.2) is 13.1 Å². The van der Waals surface area contributed by atoms with Crippen molar-refractivity contribution in [3.63, 3.8) is 0 Å². The molecule has 1 rings (SSSR count). The minimum atomic E-state index is -3.44. The smallest absolute Gasteiger partial charge is 0.241 e. The summed E-state index contributed by atoms with van der Waals surface area (Å²) in [5, 5.41) is 3.01. The van der Waals surface area contributed by atoms with E-state index in [2.05, 4.69) is 32.9 Å². The quantitative estimate of drug-likeness (QED) is 0.710. The van der Waals surface area contributed by atoms with Gasteiger partial charge < -0.3 is 5.32 Å². The van der Waals surface area contributed by atoms with Crippen molar-refractivity contribution in [2.45, 2.75) is 37.6 Å². The number of unbranched alkanes of at least 4 members (excludes halogenated alkanes) is 2. The topological polar surface area (TPSA) is 58.2 Å². The molecule has 0 atom stereocenters. The first-order chi connectivity index (χ1) is 9.01. The molecule has 0 amide bonds. The predicted octanol–water partition coefficient (Wildman–Crippen LogP) is 2.64. The van der Waals surface area contributed by atoms with Gasteiger partial charge in [-0.3, -0.25) is 0 Å². The third-order valence-electron chi connectivity index (χ3n) is 2.74.